The van der Waals surface area contributed by atoms with Gasteiger partial charge in [0.1, 0.15) is 6.04 Å². The van der Waals surface area contributed by atoms with Gasteiger partial charge in [-0.05, 0) is 114 Å². The second-order valence-electron chi connectivity index (χ2n) is 13.9. The summed E-state index contributed by atoms with van der Waals surface area (Å²) in [5, 5.41) is 3.49. The maximum atomic E-state index is 14.3. The lowest BCUT2D eigenvalue weighted by Crippen LogP contribution is -2.65. The molecule has 1 aromatic rings. The van der Waals surface area contributed by atoms with Crippen LogP contribution in [-0.4, -0.2) is 60.4 Å². The fraction of sp³-hybridized carbons (Fsp3) is 0.788. The van der Waals surface area contributed by atoms with E-state index in [1.807, 2.05) is 26.0 Å². The Balaban J connectivity index is 1.23. The smallest absolute Gasteiger partial charge is 0.330 e. The summed E-state index contributed by atoms with van der Waals surface area (Å²) in [6, 6.07) is 9.77. The van der Waals surface area contributed by atoms with Crippen LogP contribution in [-0.2, 0) is 18.4 Å². The molecule has 6 aliphatic rings. The van der Waals surface area contributed by atoms with E-state index in [-0.39, 0.29) is 18.1 Å². The first kappa shape index (κ1) is 29.7. The summed E-state index contributed by atoms with van der Waals surface area (Å²) >= 11 is 0. The molecular formula is C33H52N3O4P. The minimum absolute atomic E-state index is 0.104. The van der Waals surface area contributed by atoms with Crippen molar-refractivity contribution in [3.05, 3.63) is 24.3 Å². The van der Waals surface area contributed by atoms with Crippen LogP contribution in [0.2, 0.25) is 0 Å². The Morgan fingerprint density at radius 1 is 0.878 bits per heavy atom. The van der Waals surface area contributed by atoms with Crippen molar-refractivity contribution in [3.8, 4) is 0 Å². The highest BCUT2D eigenvalue weighted by Gasteiger charge is 2.50. The summed E-state index contributed by atoms with van der Waals surface area (Å²) in [4.78, 5) is 19.4. The molecule has 7 atom stereocenters. The molecule has 0 aromatic heterocycles. The van der Waals surface area contributed by atoms with Crippen molar-refractivity contribution in [2.75, 3.05) is 29.6 Å². The molecule has 7 rings (SSSR count). The molecule has 1 N–H and O–H groups in total. The molecule has 2 saturated heterocycles. The number of nitrogens with one attached hydrogen (secondary N) is 1. The van der Waals surface area contributed by atoms with E-state index >= 15 is 0 Å². The number of para-hydroxylation sites is 2. The van der Waals surface area contributed by atoms with Gasteiger partial charge in [0.25, 0.3) is 0 Å². The SMILES string of the molecule is CCOP(=O)(CCC1Nc2ccccc2N([C@H]2CC3C(C)CC[C@@H](C2)N3[C@@H]2CC3CC(C3)C[C@H](C)C2)C1=O)OCC. The zero-order valence-electron chi connectivity index (χ0n) is 25.7. The van der Waals surface area contributed by atoms with Crippen LogP contribution in [0.5, 0.6) is 0 Å². The summed E-state index contributed by atoms with van der Waals surface area (Å²) in [6.07, 6.45) is 12.3. The molecule has 1 aromatic carbocycles. The van der Waals surface area contributed by atoms with Gasteiger partial charge in [0.2, 0.25) is 5.91 Å². The summed E-state index contributed by atoms with van der Waals surface area (Å²) in [6.45, 7) is 9.27. The second-order valence-corrected chi connectivity index (χ2v) is 16.1. The number of amides is 1. The quantitative estimate of drug-likeness (QED) is 0.306. The lowest BCUT2D eigenvalue weighted by atomic mass is 9.64. The maximum Gasteiger partial charge on any atom is 0.330 e. The van der Waals surface area contributed by atoms with Crippen LogP contribution in [0.3, 0.4) is 0 Å². The third-order valence-electron chi connectivity index (χ3n) is 11.0. The summed E-state index contributed by atoms with van der Waals surface area (Å²) in [5.74, 6) is 3.48. The Labute approximate surface area is 247 Å². The number of rotatable bonds is 9. The number of fused-ring (bicyclic) bond motifs is 8. The Morgan fingerprint density at radius 2 is 1.61 bits per heavy atom. The minimum Gasteiger partial charge on any atom is -0.372 e. The molecule has 5 fully saturated rings. The molecule has 1 amide bonds. The average molecular weight is 586 g/mol. The fourth-order valence-corrected chi connectivity index (χ4v) is 11.0. The Hall–Kier alpha value is -1.40. The Kier molecular flexibility index (Phi) is 8.90. The summed E-state index contributed by atoms with van der Waals surface area (Å²) in [5.41, 5.74) is 1.99. The summed E-state index contributed by atoms with van der Waals surface area (Å²) in [7, 11) is -3.23. The van der Waals surface area contributed by atoms with Crippen molar-refractivity contribution >= 4 is 24.9 Å². The predicted octanol–water partition coefficient (Wildman–Crippen LogP) is 7.32. The number of hydrogen-bond acceptors (Lipinski definition) is 6. The van der Waals surface area contributed by atoms with Crippen LogP contribution in [0.15, 0.2) is 24.3 Å². The lowest BCUT2D eigenvalue weighted by Gasteiger charge is -2.58. The van der Waals surface area contributed by atoms with Crippen molar-refractivity contribution in [2.24, 2.45) is 23.7 Å². The van der Waals surface area contributed by atoms with Crippen LogP contribution in [0.1, 0.15) is 91.9 Å². The van der Waals surface area contributed by atoms with Gasteiger partial charge in [-0.15, -0.1) is 0 Å². The molecule has 3 aliphatic heterocycles. The first-order valence-electron chi connectivity index (χ1n) is 16.6. The molecule has 228 valence electrons. The third kappa shape index (κ3) is 6.03. The third-order valence-corrected chi connectivity index (χ3v) is 13.1. The molecule has 4 bridgehead atoms. The van der Waals surface area contributed by atoms with E-state index in [1.165, 1.54) is 44.9 Å². The normalized spacial score (nSPS) is 37.4. The van der Waals surface area contributed by atoms with Gasteiger partial charge >= 0.3 is 7.60 Å². The number of carbonyl (C=O) groups excluding carboxylic acids is 1. The van der Waals surface area contributed by atoms with E-state index in [9.17, 15) is 9.36 Å². The van der Waals surface area contributed by atoms with Gasteiger partial charge in [0, 0.05) is 24.2 Å². The van der Waals surface area contributed by atoms with Gasteiger partial charge in [0.05, 0.1) is 30.8 Å². The number of benzene rings is 1. The zero-order chi connectivity index (χ0) is 28.7. The molecule has 0 radical (unpaired) electrons. The molecular weight excluding hydrogens is 533 g/mol. The van der Waals surface area contributed by atoms with Gasteiger partial charge in [-0.3, -0.25) is 14.3 Å². The molecule has 8 heteroatoms. The van der Waals surface area contributed by atoms with Crippen molar-refractivity contribution in [3.63, 3.8) is 0 Å². The first-order valence-corrected chi connectivity index (χ1v) is 18.4. The monoisotopic (exact) mass is 585 g/mol. The molecule has 3 saturated carbocycles. The van der Waals surface area contributed by atoms with Crippen molar-refractivity contribution in [2.45, 2.75) is 122 Å². The van der Waals surface area contributed by atoms with Crippen LogP contribution < -0.4 is 10.2 Å². The van der Waals surface area contributed by atoms with Crippen LogP contribution >= 0.6 is 7.60 Å². The Bertz CT molecular complexity index is 1110. The predicted molar refractivity (Wildman–Crippen MR) is 166 cm³/mol. The molecule has 3 unspecified atom stereocenters. The van der Waals surface area contributed by atoms with Gasteiger partial charge in [0.15, 0.2) is 0 Å². The largest absolute Gasteiger partial charge is 0.372 e. The standard InChI is InChI=1S/C33H52N3O4P/c1-5-39-41(38,40-6-2)14-13-30-33(37)36(31-10-8-7-9-29(31)34-30)28-20-26-12-11-23(4)32(21-28)35(26)27-16-22(3)15-24-17-25(18-24)19-27/h7-10,22-28,30,32,34H,5-6,11-21H2,1-4H3/t22-,23?,24?,25?,26-,27-,28+,30?,32?/m0/s1. The van der Waals surface area contributed by atoms with E-state index in [1.54, 1.807) is 0 Å². The fourth-order valence-electron chi connectivity index (χ4n) is 9.30. The van der Waals surface area contributed by atoms with Crippen molar-refractivity contribution < 1.29 is 18.4 Å². The molecule has 3 heterocycles. The van der Waals surface area contributed by atoms with Crippen LogP contribution in [0, 0.1) is 23.7 Å². The zero-order valence-corrected chi connectivity index (χ0v) is 26.6. The lowest BCUT2D eigenvalue weighted by molar-refractivity contribution is -0.121. The minimum atomic E-state index is -3.23. The van der Waals surface area contributed by atoms with E-state index in [2.05, 4.69) is 41.1 Å². The number of carbonyl (C=O) groups is 1. The average Bonchev–Trinajstić information content (AvgIpc) is 2.90. The first-order chi connectivity index (χ1) is 19.8. The van der Waals surface area contributed by atoms with E-state index in [0.717, 1.165) is 42.0 Å². The van der Waals surface area contributed by atoms with Crippen molar-refractivity contribution in [1.29, 1.82) is 0 Å². The molecule has 0 spiro atoms. The van der Waals surface area contributed by atoms with E-state index in [0.29, 0.717) is 43.7 Å². The highest BCUT2D eigenvalue weighted by molar-refractivity contribution is 7.53. The number of piperidine rings is 2. The van der Waals surface area contributed by atoms with Crippen LogP contribution in [0.4, 0.5) is 11.4 Å². The van der Waals surface area contributed by atoms with Gasteiger partial charge in [-0.1, -0.05) is 26.0 Å². The van der Waals surface area contributed by atoms with Gasteiger partial charge in [-0.2, -0.15) is 0 Å². The highest BCUT2D eigenvalue weighted by Crippen LogP contribution is 2.51. The molecule has 3 aliphatic carbocycles. The highest BCUT2D eigenvalue weighted by atomic mass is 31.2. The maximum absolute atomic E-state index is 14.3. The second kappa shape index (κ2) is 12.3. The number of anilines is 2. The van der Waals surface area contributed by atoms with Crippen LogP contribution in [0.25, 0.3) is 0 Å². The van der Waals surface area contributed by atoms with Gasteiger partial charge < -0.3 is 19.3 Å². The molecule has 7 nitrogen and oxygen atoms in total. The van der Waals surface area contributed by atoms with E-state index in [4.69, 9.17) is 9.05 Å². The molecule has 41 heavy (non-hydrogen) atoms. The summed E-state index contributed by atoms with van der Waals surface area (Å²) < 4.78 is 24.3. The Morgan fingerprint density at radius 3 is 2.37 bits per heavy atom. The van der Waals surface area contributed by atoms with E-state index < -0.39 is 13.6 Å². The number of nitrogens with zero attached hydrogens (tertiary/aromatic N) is 2. The topological polar surface area (TPSA) is 71.1 Å². The van der Waals surface area contributed by atoms with Gasteiger partial charge in [-0.25, -0.2) is 0 Å². The van der Waals surface area contributed by atoms with Crippen molar-refractivity contribution in [1.82, 2.24) is 4.90 Å². The number of hydrogen-bond donors (Lipinski definition) is 1.